The van der Waals surface area contributed by atoms with Crippen molar-refractivity contribution in [2.24, 2.45) is 0 Å². The second-order valence-electron chi connectivity index (χ2n) is 10.3. The van der Waals surface area contributed by atoms with Crippen LogP contribution in [-0.2, 0) is 26.4 Å². The van der Waals surface area contributed by atoms with Crippen molar-refractivity contribution in [2.75, 3.05) is 20.3 Å². The van der Waals surface area contributed by atoms with Crippen molar-refractivity contribution < 1.29 is 28.5 Å². The fourth-order valence-electron chi connectivity index (χ4n) is 5.01. The highest BCUT2D eigenvalue weighted by Gasteiger charge is 2.36. The molecule has 0 spiro atoms. The number of hydrogen-bond donors (Lipinski definition) is 1. The third-order valence-electron chi connectivity index (χ3n) is 7.34. The average molecular weight is 649 g/mol. The van der Waals surface area contributed by atoms with Crippen LogP contribution in [0.25, 0.3) is 21.0 Å². The minimum atomic E-state index is -1.83. The molecule has 11 nitrogen and oxygen atoms in total. The predicted octanol–water partition coefficient (Wildman–Crippen LogP) is 4.72. The molecule has 1 atom stereocenters. The van der Waals surface area contributed by atoms with Gasteiger partial charge >= 0.3 is 11.7 Å². The van der Waals surface area contributed by atoms with Crippen molar-refractivity contribution in [2.45, 2.75) is 57.9 Å². The number of carbonyl (C=O) groups is 1. The van der Waals surface area contributed by atoms with E-state index in [1.165, 1.54) is 42.2 Å². The molecule has 0 aliphatic carbocycles. The number of methoxy groups -OCH3 is 1. The Morgan fingerprint density at radius 3 is 2.66 bits per heavy atom. The maximum absolute atomic E-state index is 14.1. The van der Waals surface area contributed by atoms with Gasteiger partial charge in [0, 0.05) is 23.2 Å². The third-order valence-corrected chi connectivity index (χ3v) is 9.13. The molecule has 5 rings (SSSR count). The van der Waals surface area contributed by atoms with Crippen LogP contribution in [-0.4, -0.2) is 51.6 Å². The first kappa shape index (κ1) is 29.2. The Morgan fingerprint density at radius 1 is 1.29 bits per heavy atom. The van der Waals surface area contributed by atoms with Crippen LogP contribution in [0.3, 0.4) is 0 Å². The lowest BCUT2D eigenvalue weighted by molar-refractivity contribution is -0.146. The fraction of sp³-hybridized carbons (Fsp3) is 0.429. The van der Waals surface area contributed by atoms with E-state index in [-0.39, 0.29) is 18.0 Å². The van der Waals surface area contributed by atoms with Gasteiger partial charge in [-0.1, -0.05) is 22.0 Å². The first-order chi connectivity index (χ1) is 19.5. The molecule has 0 unspecified atom stereocenters. The van der Waals surface area contributed by atoms with Crippen molar-refractivity contribution >= 4 is 43.5 Å². The average Bonchev–Trinajstić information content (AvgIpc) is 3.59. The van der Waals surface area contributed by atoms with E-state index < -0.39 is 28.9 Å². The standard InChI is InChI=1S/C28H30BrN3O8S/c1-15-21-24(33)32(28(2,3)26(34)35)27(36)31(25(21)41-22(15)23-30-9-12-39-23)14-20(40-17-7-10-38-11-8-17)18-6-5-16(29)13-19(18)37-4/h5-6,9,12-13,17,20H,7-8,10-11,14H2,1-4H3,(H,34,35)/t20-/m0/s1. The van der Waals surface area contributed by atoms with Gasteiger partial charge in [0.25, 0.3) is 5.56 Å². The van der Waals surface area contributed by atoms with Crippen LogP contribution >= 0.6 is 27.3 Å². The van der Waals surface area contributed by atoms with Gasteiger partial charge in [-0.15, -0.1) is 11.3 Å². The lowest BCUT2D eigenvalue weighted by Gasteiger charge is -2.30. The van der Waals surface area contributed by atoms with Crippen molar-refractivity contribution in [1.82, 2.24) is 14.1 Å². The Morgan fingerprint density at radius 2 is 2.02 bits per heavy atom. The number of aromatic nitrogens is 3. The number of halogens is 1. The number of thiophene rings is 1. The number of hydrogen-bond acceptors (Lipinski definition) is 9. The van der Waals surface area contributed by atoms with E-state index in [9.17, 15) is 19.5 Å². The molecule has 1 N–H and O–H groups in total. The lowest BCUT2D eigenvalue weighted by Crippen LogP contribution is -2.52. The molecule has 3 aromatic heterocycles. The normalized spacial score (nSPS) is 15.3. The van der Waals surface area contributed by atoms with Gasteiger partial charge in [0.2, 0.25) is 5.89 Å². The Bertz CT molecular complexity index is 1700. The van der Waals surface area contributed by atoms with Gasteiger partial charge in [0.05, 0.1) is 36.2 Å². The molecule has 1 aliphatic heterocycles. The van der Waals surface area contributed by atoms with E-state index in [1.807, 2.05) is 18.2 Å². The van der Waals surface area contributed by atoms with Gasteiger partial charge in [-0.2, -0.15) is 0 Å². The number of oxazole rings is 1. The minimum Gasteiger partial charge on any atom is -0.496 e. The summed E-state index contributed by atoms with van der Waals surface area (Å²) in [6, 6.07) is 5.55. The van der Waals surface area contributed by atoms with Gasteiger partial charge in [-0.05, 0) is 51.3 Å². The summed E-state index contributed by atoms with van der Waals surface area (Å²) in [5.41, 5.74) is -2.02. The van der Waals surface area contributed by atoms with Gasteiger partial charge in [0.1, 0.15) is 28.5 Å². The molecule has 1 aromatic carbocycles. The monoisotopic (exact) mass is 647 g/mol. The summed E-state index contributed by atoms with van der Waals surface area (Å²) >= 11 is 4.67. The number of benzene rings is 1. The molecular formula is C28H30BrN3O8S. The van der Waals surface area contributed by atoms with Crippen molar-refractivity contribution in [3.8, 4) is 16.5 Å². The summed E-state index contributed by atoms with van der Waals surface area (Å²) in [5.74, 6) is -0.452. The number of aryl methyl sites for hydroxylation is 1. The van der Waals surface area contributed by atoms with Crippen molar-refractivity contribution in [1.29, 1.82) is 0 Å². The Hall–Kier alpha value is -3.26. The molecule has 1 fully saturated rings. The van der Waals surface area contributed by atoms with Crippen LogP contribution in [0.2, 0.25) is 0 Å². The maximum Gasteiger partial charge on any atom is 0.333 e. The SMILES string of the molecule is COc1cc(Br)ccc1[C@H](Cn1c(=O)n(C(C)(C)C(=O)O)c(=O)c2c(C)c(-c3ncco3)sc21)OC1CCOCC1. The van der Waals surface area contributed by atoms with Gasteiger partial charge in [0.15, 0.2) is 0 Å². The number of carboxylic acid groups (broad SMARTS) is 1. The number of rotatable bonds is 9. The number of aliphatic carboxylic acids is 1. The molecule has 4 aromatic rings. The summed E-state index contributed by atoms with van der Waals surface area (Å²) in [4.78, 5) is 45.5. The zero-order valence-electron chi connectivity index (χ0n) is 23.0. The van der Waals surface area contributed by atoms with Crippen molar-refractivity contribution in [3.63, 3.8) is 0 Å². The zero-order chi connectivity index (χ0) is 29.5. The number of ether oxygens (including phenoxy) is 3. The van der Waals surface area contributed by atoms with E-state index in [0.29, 0.717) is 58.5 Å². The highest BCUT2D eigenvalue weighted by Crippen LogP contribution is 2.38. The van der Waals surface area contributed by atoms with Crippen LogP contribution in [0.4, 0.5) is 0 Å². The second kappa shape index (κ2) is 11.6. The first-order valence-corrected chi connectivity index (χ1v) is 14.6. The lowest BCUT2D eigenvalue weighted by atomic mass is 10.0. The summed E-state index contributed by atoms with van der Waals surface area (Å²) in [5, 5.41) is 10.2. The van der Waals surface area contributed by atoms with Crippen LogP contribution in [0.15, 0.2) is 49.1 Å². The molecule has 0 radical (unpaired) electrons. The molecule has 13 heteroatoms. The molecule has 1 saturated heterocycles. The quantitative estimate of drug-likeness (QED) is 0.274. The van der Waals surface area contributed by atoms with E-state index >= 15 is 0 Å². The molecule has 41 heavy (non-hydrogen) atoms. The molecule has 0 amide bonds. The largest absolute Gasteiger partial charge is 0.496 e. The molecule has 4 heterocycles. The van der Waals surface area contributed by atoms with Crippen LogP contribution < -0.4 is 16.0 Å². The summed E-state index contributed by atoms with van der Waals surface area (Å²) < 4.78 is 26.4. The van der Waals surface area contributed by atoms with E-state index in [4.69, 9.17) is 18.6 Å². The second-order valence-corrected chi connectivity index (χ2v) is 12.2. The fourth-order valence-corrected chi connectivity index (χ4v) is 6.59. The Kier molecular flexibility index (Phi) is 8.24. The molecular weight excluding hydrogens is 618 g/mol. The highest BCUT2D eigenvalue weighted by molar-refractivity contribution is 9.10. The van der Waals surface area contributed by atoms with E-state index in [0.717, 1.165) is 9.04 Å². The third kappa shape index (κ3) is 5.39. The number of nitrogens with zero attached hydrogens (tertiary/aromatic N) is 3. The van der Waals surface area contributed by atoms with Gasteiger partial charge in [-0.25, -0.2) is 19.1 Å². The predicted molar refractivity (Wildman–Crippen MR) is 156 cm³/mol. The smallest absolute Gasteiger partial charge is 0.333 e. The zero-order valence-corrected chi connectivity index (χ0v) is 25.4. The number of fused-ring (bicyclic) bond motifs is 1. The maximum atomic E-state index is 14.1. The van der Waals surface area contributed by atoms with Crippen LogP contribution in [0.1, 0.15) is 43.9 Å². The van der Waals surface area contributed by atoms with E-state index in [2.05, 4.69) is 20.9 Å². The summed E-state index contributed by atoms with van der Waals surface area (Å²) in [6.45, 7) is 5.50. The van der Waals surface area contributed by atoms with Crippen molar-refractivity contribution in [3.05, 3.63) is 67.1 Å². The molecule has 0 bridgehead atoms. The minimum absolute atomic E-state index is 0.00830. The van der Waals surface area contributed by atoms with Crippen LogP contribution in [0, 0.1) is 6.92 Å². The highest BCUT2D eigenvalue weighted by atomic mass is 79.9. The van der Waals surface area contributed by atoms with Crippen LogP contribution in [0.5, 0.6) is 5.75 Å². The molecule has 1 aliphatic rings. The number of carboxylic acids is 1. The molecule has 0 saturated carbocycles. The van der Waals surface area contributed by atoms with Gasteiger partial charge in [-0.3, -0.25) is 9.36 Å². The Labute approximate surface area is 247 Å². The molecule has 218 valence electrons. The van der Waals surface area contributed by atoms with E-state index in [1.54, 1.807) is 14.0 Å². The summed E-state index contributed by atoms with van der Waals surface area (Å²) in [6.07, 6.45) is 3.47. The first-order valence-electron chi connectivity index (χ1n) is 13.0. The topological polar surface area (TPSA) is 135 Å². The Balaban J connectivity index is 1.76. The summed E-state index contributed by atoms with van der Waals surface area (Å²) in [7, 11) is 1.56. The van der Waals surface area contributed by atoms with Gasteiger partial charge < -0.3 is 23.7 Å².